The normalized spacial score (nSPS) is 11.6. The molecule has 0 spiro atoms. The number of anilines is 1. The number of aryl methyl sites for hydroxylation is 1. The van der Waals surface area contributed by atoms with Crippen LogP contribution in [-0.2, 0) is 12.6 Å². The number of ether oxygens (including phenoxy) is 1. The predicted molar refractivity (Wildman–Crippen MR) is 65.2 cm³/mol. The quantitative estimate of drug-likeness (QED) is 0.879. The summed E-state index contributed by atoms with van der Waals surface area (Å²) in [5.41, 5.74) is 7.11. The summed E-state index contributed by atoms with van der Waals surface area (Å²) in [5, 5.41) is 5.12. The highest BCUT2D eigenvalue weighted by Crippen LogP contribution is 2.36. The van der Waals surface area contributed by atoms with E-state index in [-0.39, 0.29) is 10.9 Å². The zero-order valence-electron chi connectivity index (χ0n) is 9.86. The summed E-state index contributed by atoms with van der Waals surface area (Å²) in [6, 6.07) is 5.10. The lowest BCUT2D eigenvalue weighted by atomic mass is 10.1. The van der Waals surface area contributed by atoms with Gasteiger partial charge in [-0.25, -0.2) is 0 Å². The molecule has 0 fully saturated rings. The molecular weight excluding hydrogens is 279 g/mol. The fraction of sp³-hybridized carbons (Fsp3) is 0.273. The van der Waals surface area contributed by atoms with Crippen LogP contribution in [0.1, 0.15) is 17.5 Å². The van der Waals surface area contributed by atoms with Gasteiger partial charge in [-0.05, 0) is 24.1 Å². The maximum Gasteiger partial charge on any atom is 0.445 e. The van der Waals surface area contributed by atoms with Crippen molar-refractivity contribution in [3.8, 4) is 10.9 Å². The summed E-state index contributed by atoms with van der Waals surface area (Å²) in [7, 11) is 0. The van der Waals surface area contributed by atoms with Gasteiger partial charge < -0.3 is 10.5 Å². The molecule has 0 amide bonds. The van der Waals surface area contributed by atoms with Gasteiger partial charge in [-0.2, -0.15) is 13.2 Å². The van der Waals surface area contributed by atoms with Crippen molar-refractivity contribution in [1.82, 2.24) is 10.2 Å². The Bertz CT molecular complexity index is 583. The van der Waals surface area contributed by atoms with Crippen molar-refractivity contribution in [1.29, 1.82) is 0 Å². The van der Waals surface area contributed by atoms with Gasteiger partial charge in [0.2, 0.25) is 5.01 Å². The van der Waals surface area contributed by atoms with E-state index in [2.05, 4.69) is 10.2 Å². The minimum atomic E-state index is -4.52. The van der Waals surface area contributed by atoms with Gasteiger partial charge in [0.15, 0.2) is 5.75 Å². The summed E-state index contributed by atoms with van der Waals surface area (Å²) < 4.78 is 42.2. The number of benzene rings is 1. The molecule has 102 valence electrons. The Balaban J connectivity index is 2.20. The third-order valence-corrected chi connectivity index (χ3v) is 3.17. The summed E-state index contributed by atoms with van der Waals surface area (Å²) >= 11 is 0.328. The van der Waals surface area contributed by atoms with Gasteiger partial charge in [-0.1, -0.05) is 29.4 Å². The molecule has 1 aromatic heterocycles. The van der Waals surface area contributed by atoms with Crippen LogP contribution in [0.4, 0.5) is 18.9 Å². The molecule has 4 nitrogen and oxygen atoms in total. The van der Waals surface area contributed by atoms with Crippen molar-refractivity contribution < 1.29 is 17.9 Å². The second-order valence-corrected chi connectivity index (χ2v) is 4.64. The van der Waals surface area contributed by atoms with Gasteiger partial charge in [-0.3, -0.25) is 0 Å². The van der Waals surface area contributed by atoms with Crippen molar-refractivity contribution in [3.05, 3.63) is 28.8 Å². The highest BCUT2D eigenvalue weighted by atomic mass is 32.1. The van der Waals surface area contributed by atoms with E-state index in [1.165, 1.54) is 0 Å². The van der Waals surface area contributed by atoms with Gasteiger partial charge in [0.25, 0.3) is 5.19 Å². The number of halogens is 3. The molecule has 0 aliphatic carbocycles. The molecule has 0 saturated carbocycles. The number of aromatic nitrogens is 2. The molecule has 0 atom stereocenters. The molecule has 2 rings (SSSR count). The molecule has 0 radical (unpaired) electrons. The Labute approximate surface area is 111 Å². The Morgan fingerprint density at radius 1 is 1.32 bits per heavy atom. The maximum absolute atomic E-state index is 12.3. The van der Waals surface area contributed by atoms with Crippen molar-refractivity contribution in [3.63, 3.8) is 0 Å². The molecule has 19 heavy (non-hydrogen) atoms. The molecule has 1 aromatic carbocycles. The first-order valence-electron chi connectivity index (χ1n) is 5.37. The van der Waals surface area contributed by atoms with Gasteiger partial charge in [0.05, 0.1) is 5.69 Å². The Kier molecular flexibility index (Phi) is 3.61. The zero-order valence-corrected chi connectivity index (χ0v) is 10.7. The third-order valence-electron chi connectivity index (χ3n) is 2.33. The second-order valence-electron chi connectivity index (χ2n) is 3.70. The molecule has 1 heterocycles. The van der Waals surface area contributed by atoms with Crippen LogP contribution in [-0.4, -0.2) is 10.2 Å². The lowest BCUT2D eigenvalue weighted by Gasteiger charge is -2.06. The number of hydrogen-bond donors (Lipinski definition) is 1. The second kappa shape index (κ2) is 5.04. The SMILES string of the molecule is CCc1ccc(Oc2nnc(C(F)(F)F)s2)c(N)c1. The molecule has 2 aromatic rings. The number of nitrogens with zero attached hydrogens (tertiary/aromatic N) is 2. The fourth-order valence-electron chi connectivity index (χ4n) is 1.37. The van der Waals surface area contributed by atoms with Crippen LogP contribution in [0.15, 0.2) is 18.2 Å². The van der Waals surface area contributed by atoms with Crippen LogP contribution < -0.4 is 10.5 Å². The largest absolute Gasteiger partial charge is 0.445 e. The Morgan fingerprint density at radius 2 is 2.05 bits per heavy atom. The number of nitrogens with two attached hydrogens (primary N) is 1. The van der Waals surface area contributed by atoms with Gasteiger partial charge in [0, 0.05) is 0 Å². The van der Waals surface area contributed by atoms with E-state index in [1.54, 1.807) is 18.2 Å². The van der Waals surface area contributed by atoms with Crippen molar-refractivity contribution in [2.24, 2.45) is 0 Å². The first-order chi connectivity index (χ1) is 8.90. The minimum absolute atomic E-state index is 0.191. The first-order valence-corrected chi connectivity index (χ1v) is 6.18. The monoisotopic (exact) mass is 289 g/mol. The predicted octanol–water partition coefficient (Wildman–Crippen LogP) is 3.49. The topological polar surface area (TPSA) is 61.0 Å². The van der Waals surface area contributed by atoms with Crippen LogP contribution in [0.5, 0.6) is 10.9 Å². The summed E-state index contributed by atoms with van der Waals surface area (Å²) in [4.78, 5) is 0. The van der Waals surface area contributed by atoms with E-state index in [4.69, 9.17) is 10.5 Å². The number of rotatable bonds is 3. The number of nitrogen functional groups attached to an aromatic ring is 1. The van der Waals surface area contributed by atoms with Crippen LogP contribution in [0.2, 0.25) is 0 Å². The zero-order chi connectivity index (χ0) is 14.0. The van der Waals surface area contributed by atoms with E-state index in [0.717, 1.165) is 12.0 Å². The van der Waals surface area contributed by atoms with Gasteiger partial charge in [-0.15, -0.1) is 5.10 Å². The molecule has 0 saturated heterocycles. The average molecular weight is 289 g/mol. The summed E-state index contributed by atoms with van der Waals surface area (Å²) in [6.45, 7) is 1.97. The number of hydrogen-bond acceptors (Lipinski definition) is 5. The maximum atomic E-state index is 12.3. The van der Waals surface area contributed by atoms with Crippen molar-refractivity contribution in [2.45, 2.75) is 19.5 Å². The van der Waals surface area contributed by atoms with Crippen LogP contribution in [0.25, 0.3) is 0 Å². The van der Waals surface area contributed by atoms with E-state index in [1.807, 2.05) is 6.92 Å². The minimum Gasteiger partial charge on any atom is -0.428 e. The standard InChI is InChI=1S/C11H10F3N3OS/c1-2-6-3-4-8(7(15)5-6)18-10-17-16-9(19-10)11(12,13)14/h3-5H,2,15H2,1H3. The van der Waals surface area contributed by atoms with Crippen molar-refractivity contribution in [2.75, 3.05) is 5.73 Å². The van der Waals surface area contributed by atoms with Gasteiger partial charge in [0.1, 0.15) is 0 Å². The van der Waals surface area contributed by atoms with Crippen molar-refractivity contribution >= 4 is 17.0 Å². The molecule has 0 aliphatic rings. The third kappa shape index (κ3) is 3.14. The summed E-state index contributed by atoms with van der Waals surface area (Å²) in [6.07, 6.45) is -3.71. The lowest BCUT2D eigenvalue weighted by Crippen LogP contribution is -2.03. The Hall–Kier alpha value is -1.83. The van der Waals surface area contributed by atoms with Crippen LogP contribution in [0.3, 0.4) is 0 Å². The smallest absolute Gasteiger partial charge is 0.428 e. The molecule has 0 unspecified atom stereocenters. The summed E-state index contributed by atoms with van der Waals surface area (Å²) in [5.74, 6) is 0.266. The van der Waals surface area contributed by atoms with E-state index < -0.39 is 11.2 Å². The van der Waals surface area contributed by atoms with Gasteiger partial charge >= 0.3 is 6.18 Å². The van der Waals surface area contributed by atoms with E-state index >= 15 is 0 Å². The van der Waals surface area contributed by atoms with Crippen LogP contribution in [0, 0.1) is 0 Å². The fourth-order valence-corrected chi connectivity index (χ4v) is 1.95. The first kappa shape index (κ1) is 13.6. The number of alkyl halides is 3. The molecule has 0 bridgehead atoms. The van der Waals surface area contributed by atoms with E-state index in [0.29, 0.717) is 17.0 Å². The van der Waals surface area contributed by atoms with E-state index in [9.17, 15) is 13.2 Å². The molecular formula is C11H10F3N3OS. The highest BCUT2D eigenvalue weighted by molar-refractivity contribution is 7.13. The van der Waals surface area contributed by atoms with Crippen LogP contribution >= 0.6 is 11.3 Å². The molecule has 2 N–H and O–H groups in total. The molecule has 8 heteroatoms. The average Bonchev–Trinajstić information content (AvgIpc) is 2.80. The molecule has 0 aliphatic heterocycles. The lowest BCUT2D eigenvalue weighted by molar-refractivity contribution is -0.138. The highest BCUT2D eigenvalue weighted by Gasteiger charge is 2.36. The Morgan fingerprint density at radius 3 is 2.58 bits per heavy atom.